The Kier molecular flexibility index (Phi) is 7.06. The maximum absolute atomic E-state index is 12.9. The highest BCUT2D eigenvalue weighted by Crippen LogP contribution is 2.32. The van der Waals surface area contributed by atoms with Crippen molar-refractivity contribution in [3.63, 3.8) is 0 Å². The van der Waals surface area contributed by atoms with Crippen LogP contribution < -0.4 is 5.32 Å². The van der Waals surface area contributed by atoms with Crippen molar-refractivity contribution < 1.29 is 14.3 Å². The first-order valence-corrected chi connectivity index (χ1v) is 10.3. The third kappa shape index (κ3) is 5.25. The SMILES string of the molecule is COCCN1C(=O)C(CC(=O)Nc2cccc(C)c2C)SC1=Nc1ccccc1. The minimum Gasteiger partial charge on any atom is -0.383 e. The maximum atomic E-state index is 12.9. The molecule has 0 aliphatic carbocycles. The van der Waals surface area contributed by atoms with Gasteiger partial charge < -0.3 is 10.1 Å². The number of hydrogen-bond acceptors (Lipinski definition) is 5. The van der Waals surface area contributed by atoms with Gasteiger partial charge in [-0.25, -0.2) is 4.99 Å². The Morgan fingerprint density at radius 1 is 1.17 bits per heavy atom. The quantitative estimate of drug-likeness (QED) is 0.750. The first kappa shape index (κ1) is 21.1. The molecule has 0 aromatic heterocycles. The number of hydrogen-bond donors (Lipinski definition) is 1. The topological polar surface area (TPSA) is 71.0 Å². The van der Waals surface area contributed by atoms with Crippen molar-refractivity contribution in [2.75, 3.05) is 25.6 Å². The normalized spacial score (nSPS) is 17.8. The molecule has 1 aliphatic rings. The lowest BCUT2D eigenvalue weighted by molar-refractivity contribution is -0.128. The summed E-state index contributed by atoms with van der Waals surface area (Å²) >= 11 is 1.33. The van der Waals surface area contributed by atoms with E-state index in [1.54, 1.807) is 12.0 Å². The van der Waals surface area contributed by atoms with E-state index in [9.17, 15) is 9.59 Å². The number of aliphatic imine (C=N–C) groups is 1. The van der Waals surface area contributed by atoms with Gasteiger partial charge in [-0.1, -0.05) is 42.1 Å². The van der Waals surface area contributed by atoms with Crippen molar-refractivity contribution in [3.8, 4) is 0 Å². The minimum absolute atomic E-state index is 0.0914. The Bertz CT molecular complexity index is 915. The van der Waals surface area contributed by atoms with Gasteiger partial charge in [-0.2, -0.15) is 0 Å². The fourth-order valence-corrected chi connectivity index (χ4v) is 4.17. The standard InChI is InChI=1S/C22H25N3O3S/c1-15-8-7-11-18(16(15)2)24-20(26)14-19-21(27)25(12-13-28-3)22(29-19)23-17-9-5-4-6-10-17/h4-11,19H,12-14H2,1-3H3,(H,24,26). The number of rotatable bonds is 7. The number of nitrogens with zero attached hydrogens (tertiary/aromatic N) is 2. The van der Waals surface area contributed by atoms with Gasteiger partial charge >= 0.3 is 0 Å². The average Bonchev–Trinajstić information content (AvgIpc) is 2.99. The van der Waals surface area contributed by atoms with Crippen molar-refractivity contribution in [3.05, 3.63) is 59.7 Å². The number of amidine groups is 1. The Balaban J connectivity index is 1.73. The lowest BCUT2D eigenvalue weighted by Gasteiger charge is -2.16. The molecule has 0 bridgehead atoms. The molecule has 0 radical (unpaired) electrons. The summed E-state index contributed by atoms with van der Waals surface area (Å²) in [6.45, 7) is 4.78. The number of carbonyl (C=O) groups is 2. The van der Waals surface area contributed by atoms with Crippen molar-refractivity contribution in [1.82, 2.24) is 4.90 Å². The summed E-state index contributed by atoms with van der Waals surface area (Å²) in [5.74, 6) is -0.296. The molecule has 1 fully saturated rings. The second kappa shape index (κ2) is 9.71. The van der Waals surface area contributed by atoms with E-state index in [0.29, 0.717) is 18.3 Å². The Morgan fingerprint density at radius 3 is 2.66 bits per heavy atom. The van der Waals surface area contributed by atoms with E-state index in [0.717, 1.165) is 22.5 Å². The summed E-state index contributed by atoms with van der Waals surface area (Å²) in [6.07, 6.45) is 0.0914. The highest BCUT2D eigenvalue weighted by atomic mass is 32.2. The lowest BCUT2D eigenvalue weighted by atomic mass is 10.1. The van der Waals surface area contributed by atoms with E-state index >= 15 is 0 Å². The number of para-hydroxylation sites is 1. The van der Waals surface area contributed by atoms with Crippen LogP contribution >= 0.6 is 11.8 Å². The van der Waals surface area contributed by atoms with Crippen LogP contribution in [0.5, 0.6) is 0 Å². The molecule has 2 aromatic carbocycles. The van der Waals surface area contributed by atoms with Crippen molar-refractivity contribution in [2.45, 2.75) is 25.5 Å². The number of aryl methyl sites for hydroxylation is 1. The van der Waals surface area contributed by atoms with Crippen LogP contribution in [-0.2, 0) is 14.3 Å². The third-order valence-electron chi connectivity index (χ3n) is 4.77. The number of anilines is 1. The summed E-state index contributed by atoms with van der Waals surface area (Å²) in [5, 5.41) is 3.03. The largest absolute Gasteiger partial charge is 0.383 e. The van der Waals surface area contributed by atoms with Crippen LogP contribution in [-0.4, -0.2) is 47.4 Å². The van der Waals surface area contributed by atoms with E-state index in [2.05, 4.69) is 10.3 Å². The van der Waals surface area contributed by atoms with Crippen LogP contribution in [0.15, 0.2) is 53.5 Å². The predicted octanol–water partition coefficient (Wildman–Crippen LogP) is 3.91. The summed E-state index contributed by atoms with van der Waals surface area (Å²) in [5.41, 5.74) is 3.68. The molecular formula is C22H25N3O3S. The van der Waals surface area contributed by atoms with E-state index in [4.69, 9.17) is 4.74 Å². The van der Waals surface area contributed by atoms with Gasteiger partial charge in [0.15, 0.2) is 5.17 Å². The van der Waals surface area contributed by atoms with Gasteiger partial charge in [0.1, 0.15) is 5.25 Å². The van der Waals surface area contributed by atoms with Crippen molar-refractivity contribution in [2.24, 2.45) is 4.99 Å². The van der Waals surface area contributed by atoms with Crippen molar-refractivity contribution >= 4 is 40.1 Å². The van der Waals surface area contributed by atoms with Crippen LogP contribution in [0.1, 0.15) is 17.5 Å². The Labute approximate surface area is 175 Å². The molecule has 1 N–H and O–H groups in total. The second-order valence-corrected chi connectivity index (χ2v) is 7.99. The van der Waals surface area contributed by atoms with Crippen LogP contribution in [0.2, 0.25) is 0 Å². The first-order valence-electron chi connectivity index (χ1n) is 9.46. The number of benzene rings is 2. The molecule has 29 heavy (non-hydrogen) atoms. The number of amides is 2. The zero-order chi connectivity index (χ0) is 20.8. The molecule has 0 saturated carbocycles. The number of carbonyl (C=O) groups excluding carboxylic acids is 2. The minimum atomic E-state index is -0.501. The summed E-state index contributed by atoms with van der Waals surface area (Å²) in [7, 11) is 1.59. The van der Waals surface area contributed by atoms with Crippen LogP contribution in [0.25, 0.3) is 0 Å². The summed E-state index contributed by atoms with van der Waals surface area (Å²) < 4.78 is 5.13. The molecule has 1 aliphatic heterocycles. The van der Waals surface area contributed by atoms with Gasteiger partial charge in [-0.15, -0.1) is 0 Å². The smallest absolute Gasteiger partial charge is 0.242 e. The molecular weight excluding hydrogens is 386 g/mol. The second-order valence-electron chi connectivity index (χ2n) is 6.82. The Hall–Kier alpha value is -2.64. The number of thioether (sulfide) groups is 1. The molecule has 1 atom stereocenters. The zero-order valence-corrected chi connectivity index (χ0v) is 17.7. The fraction of sp³-hybridized carbons (Fsp3) is 0.318. The van der Waals surface area contributed by atoms with Gasteiger partial charge in [-0.05, 0) is 43.2 Å². The highest BCUT2D eigenvalue weighted by molar-refractivity contribution is 8.15. The fourth-order valence-electron chi connectivity index (χ4n) is 2.98. The van der Waals surface area contributed by atoms with Crippen LogP contribution in [0.3, 0.4) is 0 Å². The van der Waals surface area contributed by atoms with Gasteiger partial charge in [0, 0.05) is 19.2 Å². The van der Waals surface area contributed by atoms with Gasteiger partial charge in [0.25, 0.3) is 0 Å². The molecule has 2 aromatic rings. The van der Waals surface area contributed by atoms with Crippen LogP contribution in [0, 0.1) is 13.8 Å². The summed E-state index contributed by atoms with van der Waals surface area (Å²) in [4.78, 5) is 31.7. The molecule has 1 heterocycles. The van der Waals surface area contributed by atoms with E-state index in [1.807, 2.05) is 62.4 Å². The average molecular weight is 412 g/mol. The van der Waals surface area contributed by atoms with Gasteiger partial charge in [-0.3, -0.25) is 14.5 Å². The maximum Gasteiger partial charge on any atom is 0.242 e. The highest BCUT2D eigenvalue weighted by Gasteiger charge is 2.39. The summed E-state index contributed by atoms with van der Waals surface area (Å²) in [6, 6.07) is 15.3. The molecule has 0 spiro atoms. The monoisotopic (exact) mass is 411 g/mol. The molecule has 3 rings (SSSR count). The van der Waals surface area contributed by atoms with Gasteiger partial charge in [0.2, 0.25) is 11.8 Å². The Morgan fingerprint density at radius 2 is 1.93 bits per heavy atom. The third-order valence-corrected chi connectivity index (χ3v) is 5.94. The molecule has 1 unspecified atom stereocenters. The van der Waals surface area contributed by atoms with E-state index < -0.39 is 5.25 Å². The molecule has 152 valence electrons. The first-order chi connectivity index (χ1) is 14.0. The van der Waals surface area contributed by atoms with E-state index in [-0.39, 0.29) is 18.2 Å². The van der Waals surface area contributed by atoms with E-state index in [1.165, 1.54) is 11.8 Å². The predicted molar refractivity (Wildman–Crippen MR) is 118 cm³/mol. The molecule has 2 amide bonds. The van der Waals surface area contributed by atoms with Crippen LogP contribution in [0.4, 0.5) is 11.4 Å². The molecule has 1 saturated heterocycles. The number of nitrogens with one attached hydrogen (secondary N) is 1. The number of ether oxygens (including phenoxy) is 1. The molecule has 7 heteroatoms. The van der Waals surface area contributed by atoms with Gasteiger partial charge in [0.05, 0.1) is 18.8 Å². The zero-order valence-electron chi connectivity index (χ0n) is 16.8. The number of methoxy groups -OCH3 is 1. The lowest BCUT2D eigenvalue weighted by Crippen LogP contribution is -2.35. The molecule has 6 nitrogen and oxygen atoms in total. The van der Waals surface area contributed by atoms with Crippen molar-refractivity contribution in [1.29, 1.82) is 0 Å².